The summed E-state index contributed by atoms with van der Waals surface area (Å²) in [5.41, 5.74) is 0.650. The van der Waals surface area contributed by atoms with Crippen LogP contribution in [0.25, 0.3) is 6.08 Å². The van der Waals surface area contributed by atoms with E-state index in [1.165, 1.54) is 6.08 Å². The molecule has 0 atom stereocenters. The van der Waals surface area contributed by atoms with Gasteiger partial charge in [0.2, 0.25) is 0 Å². The van der Waals surface area contributed by atoms with Crippen molar-refractivity contribution in [3.05, 3.63) is 37.7 Å². The van der Waals surface area contributed by atoms with Gasteiger partial charge in [-0.15, -0.1) is 0 Å². The molecule has 0 aliphatic rings. The molecule has 5 heteroatoms. The highest BCUT2D eigenvalue weighted by Crippen LogP contribution is 2.30. The van der Waals surface area contributed by atoms with Crippen LogP contribution in [0.15, 0.2) is 27.2 Å². The maximum absolute atomic E-state index is 10.3. The van der Waals surface area contributed by atoms with Crippen LogP contribution in [-0.2, 0) is 4.79 Å². The molecule has 0 unspecified atom stereocenters. The zero-order valence-corrected chi connectivity index (χ0v) is 10.7. The van der Waals surface area contributed by atoms with Gasteiger partial charge in [-0.1, -0.05) is 43.5 Å². The summed E-state index contributed by atoms with van der Waals surface area (Å²) in [6.07, 6.45) is 2.49. The number of carbonyl (C=O) groups is 1. The minimum atomic E-state index is -1.00. The van der Waals surface area contributed by atoms with Crippen LogP contribution < -0.4 is 0 Å². The molecule has 74 valence electrons. The minimum absolute atomic E-state index is 0.490. The predicted molar refractivity (Wildman–Crippen MR) is 63.5 cm³/mol. The number of carboxylic acid groups (broad SMARTS) is 1. The number of halogens is 3. The van der Waals surface area contributed by atoms with E-state index in [9.17, 15) is 4.79 Å². The number of aliphatic carboxylic acids is 1. The number of rotatable bonds is 2. The van der Waals surface area contributed by atoms with Gasteiger partial charge in [0.05, 0.1) is 5.02 Å². The van der Waals surface area contributed by atoms with Crippen molar-refractivity contribution in [3.63, 3.8) is 0 Å². The van der Waals surface area contributed by atoms with Gasteiger partial charge in [-0.3, -0.25) is 0 Å². The maximum atomic E-state index is 10.3. The fourth-order valence-electron chi connectivity index (χ4n) is 0.867. The average molecular weight is 340 g/mol. The second-order valence-corrected chi connectivity index (χ2v) is 4.63. The molecule has 1 aromatic carbocycles. The fourth-order valence-corrected chi connectivity index (χ4v) is 2.75. The molecule has 0 aromatic heterocycles. The topological polar surface area (TPSA) is 37.3 Å². The first-order chi connectivity index (χ1) is 6.50. The van der Waals surface area contributed by atoms with Crippen molar-refractivity contribution in [1.29, 1.82) is 0 Å². The van der Waals surface area contributed by atoms with Gasteiger partial charge in [0.15, 0.2) is 0 Å². The fraction of sp³-hybridized carbons (Fsp3) is 0. The molecule has 0 heterocycles. The summed E-state index contributed by atoms with van der Waals surface area (Å²) in [5, 5.41) is 8.95. The summed E-state index contributed by atoms with van der Waals surface area (Å²) in [6, 6.07) is 3.50. The van der Waals surface area contributed by atoms with Crippen molar-refractivity contribution in [2.45, 2.75) is 0 Å². The van der Waals surface area contributed by atoms with Crippen molar-refractivity contribution in [2.75, 3.05) is 0 Å². The van der Waals surface area contributed by atoms with Crippen LogP contribution in [0, 0.1) is 0 Å². The van der Waals surface area contributed by atoms with E-state index in [1.807, 2.05) is 0 Å². The Morgan fingerprint density at radius 3 is 2.57 bits per heavy atom. The molecular formula is C9H5Br2ClO2. The van der Waals surface area contributed by atoms with Crippen LogP contribution in [0.4, 0.5) is 0 Å². The Kier molecular flexibility index (Phi) is 4.16. The van der Waals surface area contributed by atoms with E-state index in [-0.39, 0.29) is 0 Å². The number of carboxylic acids is 1. The van der Waals surface area contributed by atoms with Gasteiger partial charge in [0, 0.05) is 20.6 Å². The Morgan fingerprint density at radius 2 is 2.07 bits per heavy atom. The molecule has 1 aromatic rings. The molecule has 0 fully saturated rings. The van der Waals surface area contributed by atoms with Crippen LogP contribution in [0.2, 0.25) is 5.02 Å². The van der Waals surface area contributed by atoms with Gasteiger partial charge in [-0.2, -0.15) is 0 Å². The predicted octanol–water partition coefficient (Wildman–Crippen LogP) is 3.96. The quantitative estimate of drug-likeness (QED) is 0.828. The number of benzene rings is 1. The first-order valence-electron chi connectivity index (χ1n) is 3.56. The molecule has 0 aliphatic carbocycles. The van der Waals surface area contributed by atoms with Crippen molar-refractivity contribution in [3.8, 4) is 0 Å². The third kappa shape index (κ3) is 3.12. The Hall–Kier alpha value is -0.320. The van der Waals surface area contributed by atoms with Gasteiger partial charge in [-0.05, 0) is 18.2 Å². The van der Waals surface area contributed by atoms with Crippen LogP contribution in [-0.4, -0.2) is 11.1 Å². The lowest BCUT2D eigenvalue weighted by Crippen LogP contribution is -1.87. The summed E-state index contributed by atoms with van der Waals surface area (Å²) in [4.78, 5) is 10.3. The molecule has 14 heavy (non-hydrogen) atoms. The highest BCUT2D eigenvalue weighted by atomic mass is 79.9. The van der Waals surface area contributed by atoms with Crippen molar-refractivity contribution < 1.29 is 9.90 Å². The summed E-state index contributed by atoms with van der Waals surface area (Å²) in [5.74, 6) is -1.00. The Bertz CT molecular complexity index is 379. The molecular weight excluding hydrogens is 335 g/mol. The zero-order valence-electron chi connectivity index (χ0n) is 6.80. The van der Waals surface area contributed by atoms with Crippen LogP contribution in [0.1, 0.15) is 5.56 Å². The molecule has 2 nitrogen and oxygen atoms in total. The van der Waals surface area contributed by atoms with E-state index in [0.29, 0.717) is 10.6 Å². The summed E-state index contributed by atoms with van der Waals surface area (Å²) < 4.78 is 1.58. The van der Waals surface area contributed by atoms with Gasteiger partial charge < -0.3 is 5.11 Å². The molecule has 1 N–H and O–H groups in total. The monoisotopic (exact) mass is 338 g/mol. The van der Waals surface area contributed by atoms with Crippen molar-refractivity contribution >= 4 is 55.5 Å². The molecule has 0 radical (unpaired) electrons. The Labute approximate surface area is 103 Å². The molecule has 0 spiro atoms. The molecule has 0 saturated carbocycles. The van der Waals surface area contributed by atoms with E-state index < -0.39 is 5.97 Å². The SMILES string of the molecule is O=C(O)/C=C/c1c(Cl)cc(Br)cc1Br. The van der Waals surface area contributed by atoms with E-state index in [4.69, 9.17) is 16.7 Å². The molecule has 1 rings (SSSR count). The first kappa shape index (κ1) is 11.8. The summed E-state index contributed by atoms with van der Waals surface area (Å²) in [7, 11) is 0. The number of hydrogen-bond donors (Lipinski definition) is 1. The zero-order chi connectivity index (χ0) is 10.7. The van der Waals surface area contributed by atoms with E-state index in [0.717, 1.165) is 15.0 Å². The molecule has 0 saturated heterocycles. The Balaban J connectivity index is 3.15. The smallest absolute Gasteiger partial charge is 0.328 e. The van der Waals surface area contributed by atoms with E-state index >= 15 is 0 Å². The second-order valence-electron chi connectivity index (χ2n) is 2.45. The normalized spacial score (nSPS) is 10.8. The third-order valence-electron chi connectivity index (χ3n) is 1.44. The van der Waals surface area contributed by atoms with Gasteiger partial charge in [-0.25, -0.2) is 4.79 Å². The first-order valence-corrected chi connectivity index (χ1v) is 5.52. The number of hydrogen-bond acceptors (Lipinski definition) is 1. The summed E-state index contributed by atoms with van der Waals surface area (Å²) >= 11 is 12.5. The van der Waals surface area contributed by atoms with Crippen molar-refractivity contribution in [2.24, 2.45) is 0 Å². The lowest BCUT2D eigenvalue weighted by atomic mass is 10.2. The highest BCUT2D eigenvalue weighted by molar-refractivity contribution is 9.11. The van der Waals surface area contributed by atoms with Gasteiger partial charge in [0.25, 0.3) is 0 Å². The van der Waals surface area contributed by atoms with Crippen LogP contribution in [0.5, 0.6) is 0 Å². The maximum Gasteiger partial charge on any atom is 0.328 e. The largest absolute Gasteiger partial charge is 0.478 e. The Morgan fingerprint density at radius 1 is 1.43 bits per heavy atom. The van der Waals surface area contributed by atoms with E-state index in [1.54, 1.807) is 12.1 Å². The summed E-state index contributed by atoms with van der Waals surface area (Å²) in [6.45, 7) is 0. The van der Waals surface area contributed by atoms with Gasteiger partial charge >= 0.3 is 5.97 Å². The molecule has 0 amide bonds. The standard InChI is InChI=1S/C9H5Br2ClO2/c10-5-3-7(11)6(8(12)4-5)1-2-9(13)14/h1-4H,(H,13,14)/b2-1+. The lowest BCUT2D eigenvalue weighted by Gasteiger charge is -2.02. The minimum Gasteiger partial charge on any atom is -0.478 e. The lowest BCUT2D eigenvalue weighted by molar-refractivity contribution is -0.131. The highest BCUT2D eigenvalue weighted by Gasteiger charge is 2.04. The van der Waals surface area contributed by atoms with Crippen LogP contribution >= 0.6 is 43.5 Å². The van der Waals surface area contributed by atoms with Crippen molar-refractivity contribution in [1.82, 2.24) is 0 Å². The van der Waals surface area contributed by atoms with Gasteiger partial charge in [0.1, 0.15) is 0 Å². The second kappa shape index (κ2) is 4.96. The van der Waals surface area contributed by atoms with E-state index in [2.05, 4.69) is 31.9 Å². The average Bonchev–Trinajstić information content (AvgIpc) is 2.01. The molecule has 0 aliphatic heterocycles. The van der Waals surface area contributed by atoms with Crippen LogP contribution in [0.3, 0.4) is 0 Å². The molecule has 0 bridgehead atoms. The third-order valence-corrected chi connectivity index (χ3v) is 2.86.